The first-order valence-electron chi connectivity index (χ1n) is 8.57. The summed E-state index contributed by atoms with van der Waals surface area (Å²) in [6.45, 7) is 8.47. The van der Waals surface area contributed by atoms with E-state index in [4.69, 9.17) is 4.74 Å². The lowest BCUT2D eigenvalue weighted by atomic mass is 10.1. The highest BCUT2D eigenvalue weighted by Crippen LogP contribution is 2.25. The molecule has 0 bridgehead atoms. The molecule has 0 spiro atoms. The van der Waals surface area contributed by atoms with Crippen LogP contribution in [0.15, 0.2) is 36.5 Å². The van der Waals surface area contributed by atoms with Gasteiger partial charge in [0.2, 0.25) is 0 Å². The molecule has 0 fully saturated rings. The summed E-state index contributed by atoms with van der Waals surface area (Å²) in [5.74, 6) is 0.529. The number of nitrogens with zero attached hydrogens (tertiary/aromatic N) is 2. The van der Waals surface area contributed by atoms with Gasteiger partial charge in [0.05, 0.1) is 12.3 Å². The molecule has 0 saturated carbocycles. The second-order valence-corrected chi connectivity index (χ2v) is 5.98. The van der Waals surface area contributed by atoms with E-state index in [9.17, 15) is 4.79 Å². The van der Waals surface area contributed by atoms with Gasteiger partial charge in [0, 0.05) is 11.9 Å². The van der Waals surface area contributed by atoms with Crippen LogP contribution in [0.5, 0.6) is 5.75 Å². The number of imidazole rings is 1. The number of carbonyl (C=O) groups excluding carboxylic acids is 1. The van der Waals surface area contributed by atoms with E-state index in [0.717, 1.165) is 22.5 Å². The van der Waals surface area contributed by atoms with E-state index >= 15 is 0 Å². The Bertz CT molecular complexity index is 908. The van der Waals surface area contributed by atoms with Crippen LogP contribution in [0.25, 0.3) is 5.65 Å². The lowest BCUT2D eigenvalue weighted by Crippen LogP contribution is -2.17. The third kappa shape index (κ3) is 3.09. The Kier molecular flexibility index (Phi) is 4.74. The smallest absolute Gasteiger partial charge is 0.274 e. The number of benzene rings is 1. The van der Waals surface area contributed by atoms with Crippen molar-refractivity contribution in [2.75, 3.05) is 11.9 Å². The summed E-state index contributed by atoms with van der Waals surface area (Å²) in [6, 6.07) is 9.71. The number of nitrogens with one attached hydrogen (secondary N) is 1. The van der Waals surface area contributed by atoms with Gasteiger partial charge in [-0.15, -0.1) is 0 Å². The van der Waals surface area contributed by atoms with Crippen LogP contribution >= 0.6 is 0 Å². The maximum atomic E-state index is 13.0. The van der Waals surface area contributed by atoms with E-state index in [0.29, 0.717) is 30.1 Å². The summed E-state index contributed by atoms with van der Waals surface area (Å²) in [5, 5.41) is 3.06. The number of ether oxygens (including phenoxy) is 1. The molecule has 0 aliphatic carbocycles. The number of aromatic nitrogens is 2. The Morgan fingerprint density at radius 2 is 1.88 bits per heavy atom. The lowest BCUT2D eigenvalue weighted by molar-refractivity contribution is 0.102. The van der Waals surface area contributed by atoms with Gasteiger partial charge in [0.25, 0.3) is 5.91 Å². The summed E-state index contributed by atoms with van der Waals surface area (Å²) < 4.78 is 7.47. The monoisotopic (exact) mass is 337 g/mol. The molecule has 25 heavy (non-hydrogen) atoms. The molecule has 0 unspecified atom stereocenters. The van der Waals surface area contributed by atoms with Crippen LogP contribution in [0, 0.1) is 13.8 Å². The summed E-state index contributed by atoms with van der Waals surface area (Å²) >= 11 is 0. The number of fused-ring (bicyclic) bond motifs is 1. The zero-order valence-corrected chi connectivity index (χ0v) is 15.1. The van der Waals surface area contributed by atoms with E-state index in [2.05, 4.69) is 10.3 Å². The number of pyridine rings is 1. The van der Waals surface area contributed by atoms with E-state index in [1.54, 1.807) is 0 Å². The maximum absolute atomic E-state index is 13.0. The van der Waals surface area contributed by atoms with Crippen LogP contribution in [0.1, 0.15) is 41.2 Å². The van der Waals surface area contributed by atoms with Crippen LogP contribution in [0.3, 0.4) is 0 Å². The fraction of sp³-hybridized carbons (Fsp3) is 0.300. The number of para-hydroxylation sites is 1. The van der Waals surface area contributed by atoms with Gasteiger partial charge in [-0.3, -0.25) is 9.20 Å². The molecule has 5 heteroatoms. The van der Waals surface area contributed by atoms with E-state index in [1.807, 2.05) is 68.6 Å². The third-order valence-electron chi connectivity index (χ3n) is 4.26. The molecule has 0 radical (unpaired) electrons. The van der Waals surface area contributed by atoms with Crippen LogP contribution in [0.2, 0.25) is 0 Å². The Morgan fingerprint density at radius 1 is 1.16 bits per heavy atom. The first-order chi connectivity index (χ1) is 12.1. The first-order valence-corrected chi connectivity index (χ1v) is 8.57. The number of hydrogen-bond acceptors (Lipinski definition) is 3. The van der Waals surface area contributed by atoms with Crippen molar-refractivity contribution in [3.63, 3.8) is 0 Å². The van der Waals surface area contributed by atoms with Gasteiger partial charge < -0.3 is 10.1 Å². The molecular weight excluding hydrogens is 314 g/mol. The lowest BCUT2D eigenvalue weighted by Gasteiger charge is -2.12. The molecule has 0 aliphatic heterocycles. The molecular formula is C20H23N3O2. The SMILES string of the molecule is CCOc1cccn2c(C(=O)Nc3c(C)cccc3C)c(CC)nc12. The van der Waals surface area contributed by atoms with E-state index in [-0.39, 0.29) is 5.91 Å². The Labute approximate surface area is 147 Å². The molecule has 1 amide bonds. The number of amides is 1. The Hall–Kier alpha value is -2.82. The standard InChI is InChI=1S/C20H23N3O2/c1-5-15-18(20(24)22-17-13(3)9-7-10-14(17)4)23-12-8-11-16(25-6-2)19(23)21-15/h7-12H,5-6H2,1-4H3,(H,22,24). The van der Waals surface area contributed by atoms with Crippen molar-refractivity contribution in [2.24, 2.45) is 0 Å². The van der Waals surface area contributed by atoms with Crippen molar-refractivity contribution in [3.8, 4) is 5.75 Å². The predicted molar refractivity (Wildman–Crippen MR) is 99.6 cm³/mol. The zero-order chi connectivity index (χ0) is 18.0. The summed E-state index contributed by atoms with van der Waals surface area (Å²) in [7, 11) is 0. The van der Waals surface area contributed by atoms with E-state index < -0.39 is 0 Å². The Morgan fingerprint density at radius 3 is 2.52 bits per heavy atom. The van der Waals surface area contributed by atoms with Crippen molar-refractivity contribution in [2.45, 2.75) is 34.1 Å². The highest BCUT2D eigenvalue weighted by atomic mass is 16.5. The second kappa shape index (κ2) is 6.97. The summed E-state index contributed by atoms with van der Waals surface area (Å²) in [6.07, 6.45) is 2.52. The highest BCUT2D eigenvalue weighted by Gasteiger charge is 2.21. The molecule has 5 nitrogen and oxygen atoms in total. The number of hydrogen-bond donors (Lipinski definition) is 1. The molecule has 2 heterocycles. The molecule has 3 rings (SSSR count). The van der Waals surface area contributed by atoms with Gasteiger partial charge >= 0.3 is 0 Å². The predicted octanol–water partition coefficient (Wildman–Crippen LogP) is 4.16. The van der Waals surface area contributed by atoms with Crippen molar-refractivity contribution in [1.82, 2.24) is 9.38 Å². The largest absolute Gasteiger partial charge is 0.490 e. The van der Waals surface area contributed by atoms with Gasteiger partial charge in [0.1, 0.15) is 5.69 Å². The van der Waals surface area contributed by atoms with Gasteiger partial charge in [-0.25, -0.2) is 4.98 Å². The molecule has 3 aromatic rings. The minimum absolute atomic E-state index is 0.157. The van der Waals surface area contributed by atoms with Gasteiger partial charge in [-0.2, -0.15) is 0 Å². The molecule has 2 aromatic heterocycles. The van der Waals surface area contributed by atoms with Gasteiger partial charge in [-0.1, -0.05) is 25.1 Å². The van der Waals surface area contributed by atoms with E-state index in [1.165, 1.54) is 0 Å². The minimum Gasteiger partial charge on any atom is -0.490 e. The third-order valence-corrected chi connectivity index (χ3v) is 4.26. The highest BCUT2D eigenvalue weighted by molar-refractivity contribution is 6.05. The van der Waals surface area contributed by atoms with Crippen LogP contribution in [0.4, 0.5) is 5.69 Å². The van der Waals surface area contributed by atoms with Crippen molar-refractivity contribution in [1.29, 1.82) is 0 Å². The van der Waals surface area contributed by atoms with Crippen LogP contribution in [-0.2, 0) is 6.42 Å². The topological polar surface area (TPSA) is 55.6 Å². The molecule has 0 atom stereocenters. The maximum Gasteiger partial charge on any atom is 0.274 e. The number of aryl methyl sites for hydroxylation is 3. The second-order valence-electron chi connectivity index (χ2n) is 5.98. The average molecular weight is 337 g/mol. The molecule has 130 valence electrons. The van der Waals surface area contributed by atoms with Crippen molar-refractivity contribution < 1.29 is 9.53 Å². The van der Waals surface area contributed by atoms with Gasteiger partial charge in [0.15, 0.2) is 11.4 Å². The fourth-order valence-electron chi connectivity index (χ4n) is 3.03. The number of rotatable bonds is 5. The quantitative estimate of drug-likeness (QED) is 0.760. The normalized spacial score (nSPS) is 10.9. The average Bonchev–Trinajstić information content (AvgIpc) is 2.98. The fourth-order valence-corrected chi connectivity index (χ4v) is 3.03. The Balaban J connectivity index is 2.08. The minimum atomic E-state index is -0.157. The van der Waals surface area contributed by atoms with Gasteiger partial charge in [-0.05, 0) is 50.5 Å². The molecule has 1 N–H and O–H groups in total. The van der Waals surface area contributed by atoms with Crippen LogP contribution in [-0.4, -0.2) is 21.9 Å². The number of anilines is 1. The van der Waals surface area contributed by atoms with Crippen molar-refractivity contribution in [3.05, 3.63) is 59.0 Å². The molecule has 0 aliphatic rings. The molecule has 1 aromatic carbocycles. The zero-order valence-electron chi connectivity index (χ0n) is 15.1. The summed E-state index contributed by atoms with van der Waals surface area (Å²) in [5.41, 5.74) is 4.92. The summed E-state index contributed by atoms with van der Waals surface area (Å²) in [4.78, 5) is 17.7. The van der Waals surface area contributed by atoms with Crippen molar-refractivity contribution >= 4 is 17.2 Å². The molecule has 0 saturated heterocycles. The first kappa shape index (κ1) is 17.0. The number of carbonyl (C=O) groups is 1. The van der Waals surface area contributed by atoms with Crippen LogP contribution < -0.4 is 10.1 Å².